The molecule has 1 saturated heterocycles. The van der Waals surface area contributed by atoms with Crippen molar-refractivity contribution < 1.29 is 19.1 Å². The lowest BCUT2D eigenvalue weighted by Gasteiger charge is -2.16. The first-order valence-corrected chi connectivity index (χ1v) is 10.2. The predicted molar refractivity (Wildman–Crippen MR) is 104 cm³/mol. The van der Waals surface area contributed by atoms with Crippen molar-refractivity contribution in [3.05, 3.63) is 30.4 Å². The van der Waals surface area contributed by atoms with E-state index in [-0.39, 0.29) is 42.0 Å². The number of thiazole rings is 1. The highest BCUT2D eigenvalue weighted by atomic mass is 32.1. The van der Waals surface area contributed by atoms with E-state index in [4.69, 9.17) is 4.74 Å². The number of rotatable bonds is 5. The van der Waals surface area contributed by atoms with Crippen LogP contribution in [0.1, 0.15) is 13.3 Å². The van der Waals surface area contributed by atoms with Gasteiger partial charge in [-0.25, -0.2) is 4.98 Å². The first-order chi connectivity index (χ1) is 13.5. The maximum atomic E-state index is 12.7. The number of nitrogens with zero attached hydrogens (tertiary/aromatic N) is 2. The largest absolute Gasteiger partial charge is 0.494 e. The molecule has 2 aromatic rings. The molecule has 0 spiro atoms. The van der Waals surface area contributed by atoms with Crippen LogP contribution in [0.15, 0.2) is 30.4 Å². The molecule has 0 radical (unpaired) electrons. The summed E-state index contributed by atoms with van der Waals surface area (Å²) in [6, 6.07) is 5.58. The Morgan fingerprint density at radius 2 is 1.96 bits per heavy atom. The third-order valence-electron chi connectivity index (χ3n) is 5.78. The summed E-state index contributed by atoms with van der Waals surface area (Å²) in [5.74, 6) is -0.399. The molecule has 1 aromatic heterocycles. The molecule has 1 N–H and O–H groups in total. The first kappa shape index (κ1) is 17.4. The number of nitrogens with one attached hydrogen (secondary N) is 1. The van der Waals surface area contributed by atoms with Crippen molar-refractivity contribution in [2.75, 3.05) is 18.5 Å². The number of hydrogen-bond acceptors (Lipinski definition) is 6. The van der Waals surface area contributed by atoms with Crippen LogP contribution in [0.5, 0.6) is 5.75 Å². The zero-order chi connectivity index (χ0) is 19.4. The molecule has 3 aliphatic rings. The number of fused-ring (bicyclic) bond motifs is 6. The number of likely N-dealkylation sites (tertiary alicyclic amines) is 1. The summed E-state index contributed by atoms with van der Waals surface area (Å²) in [5, 5.41) is 3.16. The van der Waals surface area contributed by atoms with Crippen LogP contribution < -0.4 is 10.1 Å². The summed E-state index contributed by atoms with van der Waals surface area (Å²) < 4.78 is 6.39. The van der Waals surface area contributed by atoms with Crippen molar-refractivity contribution in [1.82, 2.24) is 9.88 Å². The number of ether oxygens (including phenoxy) is 1. The molecule has 28 heavy (non-hydrogen) atoms. The van der Waals surface area contributed by atoms with E-state index in [1.165, 1.54) is 11.3 Å². The van der Waals surface area contributed by atoms with Gasteiger partial charge in [0.05, 0.1) is 28.7 Å². The molecule has 3 amide bonds. The Kier molecular flexibility index (Phi) is 3.97. The summed E-state index contributed by atoms with van der Waals surface area (Å²) in [5.41, 5.74) is 0.733. The standard InChI is InChI=1S/C20H19N3O4S/c1-2-27-12-5-6-14-13(8-12)21-20(28-14)22-15(24)9-23-18(25)16-10-3-4-11(7-10)17(16)19(23)26/h3-6,8,10-11,16-17H,2,7,9H2,1H3,(H,21,22,24). The van der Waals surface area contributed by atoms with E-state index in [9.17, 15) is 14.4 Å². The van der Waals surface area contributed by atoms with E-state index < -0.39 is 5.91 Å². The SMILES string of the molecule is CCOc1ccc2sc(NC(=O)CN3C(=O)C4C5C=CC(C5)C4C3=O)nc2c1. The Hall–Kier alpha value is -2.74. The van der Waals surface area contributed by atoms with Gasteiger partial charge < -0.3 is 10.1 Å². The summed E-state index contributed by atoms with van der Waals surface area (Å²) in [7, 11) is 0. The van der Waals surface area contributed by atoms with E-state index in [0.29, 0.717) is 11.7 Å². The molecule has 2 bridgehead atoms. The molecule has 2 fully saturated rings. The zero-order valence-corrected chi connectivity index (χ0v) is 16.1. The molecular weight excluding hydrogens is 378 g/mol. The molecule has 1 saturated carbocycles. The molecule has 2 heterocycles. The number of imide groups is 1. The number of amides is 3. The van der Waals surface area contributed by atoms with Gasteiger partial charge >= 0.3 is 0 Å². The number of anilines is 1. The molecule has 8 heteroatoms. The maximum absolute atomic E-state index is 12.7. The second kappa shape index (κ2) is 6.41. The van der Waals surface area contributed by atoms with E-state index in [1.807, 2.05) is 37.3 Å². The minimum absolute atomic E-state index is 0.142. The molecule has 144 valence electrons. The fraction of sp³-hybridized carbons (Fsp3) is 0.400. The second-order valence-corrected chi connectivity index (χ2v) is 8.42. The number of carbonyl (C=O) groups is 3. The van der Waals surface area contributed by atoms with Crippen molar-refractivity contribution in [2.24, 2.45) is 23.7 Å². The minimum Gasteiger partial charge on any atom is -0.494 e. The smallest absolute Gasteiger partial charge is 0.246 e. The molecule has 2 aliphatic carbocycles. The average Bonchev–Trinajstić information content (AvgIpc) is 3.41. The number of allylic oxidation sites excluding steroid dienone is 2. The van der Waals surface area contributed by atoms with Gasteiger partial charge in [-0.1, -0.05) is 23.5 Å². The van der Waals surface area contributed by atoms with E-state index in [2.05, 4.69) is 10.3 Å². The van der Waals surface area contributed by atoms with Gasteiger partial charge in [-0.15, -0.1) is 0 Å². The first-order valence-electron chi connectivity index (χ1n) is 9.42. The monoisotopic (exact) mass is 397 g/mol. The van der Waals surface area contributed by atoms with Crippen LogP contribution in [-0.2, 0) is 14.4 Å². The molecule has 4 atom stereocenters. The van der Waals surface area contributed by atoms with E-state index in [1.54, 1.807) is 0 Å². The number of carbonyl (C=O) groups excluding carboxylic acids is 3. The predicted octanol–water partition coefficient (Wildman–Crippen LogP) is 2.44. The van der Waals surface area contributed by atoms with Crippen molar-refractivity contribution in [3.63, 3.8) is 0 Å². The molecule has 4 unspecified atom stereocenters. The lowest BCUT2D eigenvalue weighted by molar-refractivity contribution is -0.143. The summed E-state index contributed by atoms with van der Waals surface area (Å²) >= 11 is 1.34. The highest BCUT2D eigenvalue weighted by Gasteiger charge is 2.59. The van der Waals surface area contributed by atoms with Gasteiger partial charge in [0.1, 0.15) is 12.3 Å². The van der Waals surface area contributed by atoms with Gasteiger partial charge in [-0.2, -0.15) is 0 Å². The van der Waals surface area contributed by atoms with Crippen molar-refractivity contribution in [2.45, 2.75) is 13.3 Å². The lowest BCUT2D eigenvalue weighted by Crippen LogP contribution is -2.39. The van der Waals surface area contributed by atoms with Crippen molar-refractivity contribution in [1.29, 1.82) is 0 Å². The van der Waals surface area contributed by atoms with Crippen molar-refractivity contribution in [3.8, 4) is 5.75 Å². The summed E-state index contributed by atoms with van der Waals surface area (Å²) in [6.07, 6.45) is 4.96. The Bertz CT molecular complexity index is 1000. The van der Waals surface area contributed by atoms with Crippen LogP contribution >= 0.6 is 11.3 Å². The van der Waals surface area contributed by atoms with Gasteiger partial charge in [-0.05, 0) is 37.3 Å². The minimum atomic E-state index is -0.411. The van der Waals surface area contributed by atoms with Crippen molar-refractivity contribution >= 4 is 44.4 Å². The van der Waals surface area contributed by atoms with E-state index in [0.717, 1.165) is 27.3 Å². The lowest BCUT2D eigenvalue weighted by atomic mass is 9.85. The molecule has 5 rings (SSSR count). The highest BCUT2D eigenvalue weighted by Crippen LogP contribution is 2.52. The zero-order valence-electron chi connectivity index (χ0n) is 15.3. The summed E-state index contributed by atoms with van der Waals surface area (Å²) in [6.45, 7) is 2.22. The second-order valence-electron chi connectivity index (χ2n) is 7.39. The highest BCUT2D eigenvalue weighted by molar-refractivity contribution is 7.22. The van der Waals surface area contributed by atoms with Gasteiger partial charge in [0, 0.05) is 6.07 Å². The Morgan fingerprint density at radius 3 is 2.64 bits per heavy atom. The van der Waals surface area contributed by atoms with E-state index >= 15 is 0 Å². The number of aromatic nitrogens is 1. The van der Waals surface area contributed by atoms with Crippen LogP contribution in [0.3, 0.4) is 0 Å². The molecular formula is C20H19N3O4S. The number of benzene rings is 1. The van der Waals surface area contributed by atoms with Gasteiger partial charge in [0.25, 0.3) is 0 Å². The molecule has 1 aliphatic heterocycles. The van der Waals surface area contributed by atoms with Crippen LogP contribution in [0.2, 0.25) is 0 Å². The quantitative estimate of drug-likeness (QED) is 0.618. The van der Waals surface area contributed by atoms with Crippen LogP contribution in [-0.4, -0.2) is 40.8 Å². The normalized spacial score (nSPS) is 27.7. The Balaban J connectivity index is 1.28. The fourth-order valence-corrected chi connectivity index (χ4v) is 5.50. The third kappa shape index (κ3) is 2.63. The topological polar surface area (TPSA) is 88.6 Å². The number of hydrogen-bond donors (Lipinski definition) is 1. The molecule has 1 aromatic carbocycles. The molecule has 7 nitrogen and oxygen atoms in total. The van der Waals surface area contributed by atoms with Gasteiger partial charge in [-0.3, -0.25) is 19.3 Å². The van der Waals surface area contributed by atoms with Gasteiger partial charge in [0.15, 0.2) is 5.13 Å². The Labute approximate surface area is 165 Å². The van der Waals surface area contributed by atoms with Crippen LogP contribution in [0.4, 0.5) is 5.13 Å². The third-order valence-corrected chi connectivity index (χ3v) is 6.73. The van der Waals surface area contributed by atoms with Gasteiger partial charge in [0.2, 0.25) is 17.7 Å². The van der Waals surface area contributed by atoms with Crippen LogP contribution in [0, 0.1) is 23.7 Å². The Morgan fingerprint density at radius 1 is 1.25 bits per heavy atom. The average molecular weight is 397 g/mol. The fourth-order valence-electron chi connectivity index (χ4n) is 4.64. The van der Waals surface area contributed by atoms with Crippen LogP contribution in [0.25, 0.3) is 10.2 Å². The summed E-state index contributed by atoms with van der Waals surface area (Å²) in [4.78, 5) is 43.4. The maximum Gasteiger partial charge on any atom is 0.246 e.